The Morgan fingerprint density at radius 3 is 2.41 bits per heavy atom. The van der Waals surface area contributed by atoms with Gasteiger partial charge < -0.3 is 14.8 Å². The summed E-state index contributed by atoms with van der Waals surface area (Å²) >= 11 is 0. The van der Waals surface area contributed by atoms with Gasteiger partial charge >= 0.3 is 0 Å². The second kappa shape index (κ2) is 8.44. The molecule has 0 saturated heterocycles. The van der Waals surface area contributed by atoms with Gasteiger partial charge in [0.25, 0.3) is 0 Å². The third-order valence-corrected chi connectivity index (χ3v) is 3.69. The van der Waals surface area contributed by atoms with Crippen LogP contribution in [0, 0.1) is 0 Å². The largest absolute Gasteiger partial charge is 0.493 e. The number of methoxy groups -OCH3 is 1. The topological polar surface area (TPSA) is 30.5 Å². The summed E-state index contributed by atoms with van der Waals surface area (Å²) in [5.74, 6) is 1.56. The molecule has 1 atom stereocenters. The normalized spacial score (nSPS) is 12.0. The summed E-state index contributed by atoms with van der Waals surface area (Å²) in [6, 6.07) is 16.7. The first-order chi connectivity index (χ1) is 10.8. The van der Waals surface area contributed by atoms with Crippen molar-refractivity contribution in [2.24, 2.45) is 0 Å². The van der Waals surface area contributed by atoms with E-state index in [0.29, 0.717) is 12.6 Å². The van der Waals surface area contributed by atoms with Crippen molar-refractivity contribution in [2.75, 3.05) is 13.7 Å². The summed E-state index contributed by atoms with van der Waals surface area (Å²) in [5, 5.41) is 3.48. The third kappa shape index (κ3) is 4.25. The van der Waals surface area contributed by atoms with Crippen LogP contribution in [0.3, 0.4) is 0 Å². The predicted molar refractivity (Wildman–Crippen MR) is 90.5 cm³/mol. The van der Waals surface area contributed by atoms with Crippen LogP contribution in [-0.4, -0.2) is 13.7 Å². The molecule has 0 heterocycles. The van der Waals surface area contributed by atoms with Crippen LogP contribution in [0.2, 0.25) is 0 Å². The highest BCUT2D eigenvalue weighted by Crippen LogP contribution is 2.31. The van der Waals surface area contributed by atoms with Gasteiger partial charge in [-0.05, 0) is 36.2 Å². The summed E-state index contributed by atoms with van der Waals surface area (Å²) in [5.41, 5.74) is 2.38. The molecule has 22 heavy (non-hydrogen) atoms. The Kier molecular flexibility index (Phi) is 6.28. The van der Waals surface area contributed by atoms with Crippen LogP contribution < -0.4 is 14.8 Å². The molecule has 0 saturated carbocycles. The molecule has 0 aliphatic heterocycles. The van der Waals surface area contributed by atoms with Crippen molar-refractivity contribution in [1.82, 2.24) is 5.32 Å². The monoisotopic (exact) mass is 299 g/mol. The second-order valence-electron chi connectivity index (χ2n) is 5.20. The Labute approximate surface area is 133 Å². The van der Waals surface area contributed by atoms with Gasteiger partial charge in [0.05, 0.1) is 7.11 Å². The van der Waals surface area contributed by atoms with E-state index >= 15 is 0 Å². The van der Waals surface area contributed by atoms with E-state index in [1.54, 1.807) is 7.11 Å². The fourth-order valence-electron chi connectivity index (χ4n) is 2.50. The van der Waals surface area contributed by atoms with Gasteiger partial charge in [0.15, 0.2) is 11.5 Å². The molecule has 0 aliphatic rings. The predicted octanol–water partition coefficient (Wildman–Crippen LogP) is 4.33. The molecule has 0 aromatic heterocycles. The zero-order valence-corrected chi connectivity index (χ0v) is 13.6. The van der Waals surface area contributed by atoms with Gasteiger partial charge in [0.1, 0.15) is 6.61 Å². The number of benzene rings is 2. The van der Waals surface area contributed by atoms with Crippen LogP contribution in [0.25, 0.3) is 0 Å². The Bertz CT molecular complexity index is 569. The molecule has 0 aliphatic carbocycles. The van der Waals surface area contributed by atoms with Crippen LogP contribution in [0.15, 0.2) is 48.5 Å². The first-order valence-electron chi connectivity index (χ1n) is 7.86. The van der Waals surface area contributed by atoms with E-state index in [-0.39, 0.29) is 0 Å². The molecule has 1 N–H and O–H groups in total. The molecule has 0 unspecified atom stereocenters. The maximum atomic E-state index is 5.90. The van der Waals surface area contributed by atoms with Crippen molar-refractivity contribution in [2.45, 2.75) is 32.9 Å². The summed E-state index contributed by atoms with van der Waals surface area (Å²) < 4.78 is 11.4. The standard InChI is InChI=1S/C19H25NO2/c1-4-17(20-5-2)16-11-12-18(19(13-16)21-3)22-14-15-9-7-6-8-10-15/h6-13,17,20H,4-5,14H2,1-3H3/t17-/m1/s1. The summed E-state index contributed by atoms with van der Waals surface area (Å²) in [6.07, 6.45) is 1.04. The van der Waals surface area contributed by atoms with Gasteiger partial charge in [-0.1, -0.05) is 50.2 Å². The van der Waals surface area contributed by atoms with Crippen LogP contribution >= 0.6 is 0 Å². The van der Waals surface area contributed by atoms with E-state index in [2.05, 4.69) is 43.4 Å². The highest BCUT2D eigenvalue weighted by atomic mass is 16.5. The van der Waals surface area contributed by atoms with Crippen molar-refractivity contribution in [1.29, 1.82) is 0 Å². The lowest BCUT2D eigenvalue weighted by Gasteiger charge is -2.18. The lowest BCUT2D eigenvalue weighted by molar-refractivity contribution is 0.284. The van der Waals surface area contributed by atoms with Gasteiger partial charge in [-0.25, -0.2) is 0 Å². The van der Waals surface area contributed by atoms with Gasteiger partial charge in [-0.3, -0.25) is 0 Å². The summed E-state index contributed by atoms with van der Waals surface area (Å²) in [7, 11) is 1.68. The highest BCUT2D eigenvalue weighted by Gasteiger charge is 2.12. The van der Waals surface area contributed by atoms with Gasteiger partial charge in [-0.2, -0.15) is 0 Å². The Balaban J connectivity index is 2.11. The molecule has 0 amide bonds. The van der Waals surface area contributed by atoms with Gasteiger partial charge in [-0.15, -0.1) is 0 Å². The van der Waals surface area contributed by atoms with E-state index in [9.17, 15) is 0 Å². The van der Waals surface area contributed by atoms with E-state index < -0.39 is 0 Å². The Morgan fingerprint density at radius 2 is 1.77 bits per heavy atom. The van der Waals surface area contributed by atoms with Gasteiger partial charge in [0, 0.05) is 6.04 Å². The van der Waals surface area contributed by atoms with Crippen molar-refractivity contribution in [3.05, 3.63) is 59.7 Å². The zero-order chi connectivity index (χ0) is 15.8. The number of hydrogen-bond acceptors (Lipinski definition) is 3. The maximum absolute atomic E-state index is 5.90. The summed E-state index contributed by atoms with van der Waals surface area (Å²) in [6.45, 7) is 5.80. The smallest absolute Gasteiger partial charge is 0.161 e. The lowest BCUT2D eigenvalue weighted by Crippen LogP contribution is -2.20. The minimum Gasteiger partial charge on any atom is -0.493 e. The maximum Gasteiger partial charge on any atom is 0.161 e. The molecule has 0 radical (unpaired) electrons. The molecule has 0 spiro atoms. The van der Waals surface area contributed by atoms with Gasteiger partial charge in [0.2, 0.25) is 0 Å². The quantitative estimate of drug-likeness (QED) is 0.786. The molecule has 3 nitrogen and oxygen atoms in total. The number of rotatable bonds is 8. The third-order valence-electron chi connectivity index (χ3n) is 3.69. The van der Waals surface area contributed by atoms with Crippen molar-refractivity contribution >= 4 is 0 Å². The molecular weight excluding hydrogens is 274 g/mol. The number of nitrogens with one attached hydrogen (secondary N) is 1. The van der Waals surface area contributed by atoms with Crippen LogP contribution in [0.1, 0.15) is 37.4 Å². The lowest BCUT2D eigenvalue weighted by atomic mass is 10.0. The van der Waals surface area contributed by atoms with Crippen LogP contribution in [0.5, 0.6) is 11.5 Å². The zero-order valence-electron chi connectivity index (χ0n) is 13.6. The molecule has 3 heteroatoms. The highest BCUT2D eigenvalue weighted by molar-refractivity contribution is 5.44. The SMILES string of the molecule is CCN[C@H](CC)c1ccc(OCc2ccccc2)c(OC)c1. The average molecular weight is 299 g/mol. The minimum absolute atomic E-state index is 0.349. The minimum atomic E-state index is 0.349. The molecule has 2 aromatic rings. The van der Waals surface area contributed by atoms with E-state index in [4.69, 9.17) is 9.47 Å². The molecule has 2 aromatic carbocycles. The Morgan fingerprint density at radius 1 is 1.00 bits per heavy atom. The van der Waals surface area contributed by atoms with Crippen molar-refractivity contribution < 1.29 is 9.47 Å². The van der Waals surface area contributed by atoms with Crippen molar-refractivity contribution in [3.8, 4) is 11.5 Å². The van der Waals surface area contributed by atoms with Crippen LogP contribution in [0.4, 0.5) is 0 Å². The summed E-state index contributed by atoms with van der Waals surface area (Å²) in [4.78, 5) is 0. The van der Waals surface area contributed by atoms with E-state index in [1.807, 2.05) is 24.3 Å². The fourth-order valence-corrected chi connectivity index (χ4v) is 2.50. The molecular formula is C19H25NO2. The van der Waals surface area contributed by atoms with Crippen molar-refractivity contribution in [3.63, 3.8) is 0 Å². The molecule has 0 bridgehead atoms. The second-order valence-corrected chi connectivity index (χ2v) is 5.20. The van der Waals surface area contributed by atoms with Crippen LogP contribution in [-0.2, 0) is 6.61 Å². The average Bonchev–Trinajstić information content (AvgIpc) is 2.58. The number of ether oxygens (including phenoxy) is 2. The molecule has 2 rings (SSSR count). The fraction of sp³-hybridized carbons (Fsp3) is 0.368. The first kappa shape index (κ1) is 16.4. The molecule has 0 fully saturated rings. The van der Waals surface area contributed by atoms with E-state index in [0.717, 1.165) is 30.0 Å². The molecule has 118 valence electrons. The van der Waals surface area contributed by atoms with E-state index in [1.165, 1.54) is 5.56 Å². The Hall–Kier alpha value is -2.00. The number of hydrogen-bond donors (Lipinski definition) is 1. The first-order valence-corrected chi connectivity index (χ1v) is 7.86.